The molecule has 0 aliphatic rings. The number of fused-ring (bicyclic) bond motifs is 1. The molecule has 0 aliphatic heterocycles. The molecule has 0 saturated heterocycles. The first-order chi connectivity index (χ1) is 6.61. The van der Waals surface area contributed by atoms with Crippen molar-refractivity contribution in [1.82, 2.24) is 0 Å². The van der Waals surface area contributed by atoms with Crippen LogP contribution in [-0.2, 0) is 0 Å². The van der Waals surface area contributed by atoms with E-state index in [1.165, 1.54) is 33.0 Å². The standard InChI is InChI=1S/C14H15/c1-9-6-5-7-13-11(3)8-10(2)12(4)14(9)13/h5-8H,4H2,1-3H3. The first kappa shape index (κ1) is 9.26. The van der Waals surface area contributed by atoms with Crippen molar-refractivity contribution in [3.05, 3.63) is 53.4 Å². The molecule has 0 amide bonds. The summed E-state index contributed by atoms with van der Waals surface area (Å²) in [6.07, 6.45) is 0. The summed E-state index contributed by atoms with van der Waals surface area (Å²) in [7, 11) is 0. The first-order valence-corrected chi connectivity index (χ1v) is 4.92. The minimum absolute atomic E-state index is 1.17. The second kappa shape index (κ2) is 3.13. The van der Waals surface area contributed by atoms with Crippen LogP contribution in [0, 0.1) is 27.7 Å². The number of rotatable bonds is 0. The largest absolute Gasteiger partial charge is 0.0614 e. The number of hydrogen-bond acceptors (Lipinski definition) is 0. The van der Waals surface area contributed by atoms with E-state index >= 15 is 0 Å². The predicted octanol–water partition coefficient (Wildman–Crippen LogP) is 3.95. The molecule has 2 aromatic rings. The summed E-state index contributed by atoms with van der Waals surface area (Å²) in [5, 5.41) is 2.66. The van der Waals surface area contributed by atoms with Crippen LogP contribution < -0.4 is 0 Å². The minimum atomic E-state index is 1.17. The van der Waals surface area contributed by atoms with E-state index in [-0.39, 0.29) is 0 Å². The summed E-state index contributed by atoms with van der Waals surface area (Å²) in [6.45, 7) is 10.6. The SMILES string of the molecule is [CH2]c1c(C)cc(C)c2cccc(C)c12. The third kappa shape index (κ3) is 1.22. The maximum atomic E-state index is 4.15. The van der Waals surface area contributed by atoms with Gasteiger partial charge in [-0.15, -0.1) is 0 Å². The van der Waals surface area contributed by atoms with Crippen molar-refractivity contribution in [3.63, 3.8) is 0 Å². The minimum Gasteiger partial charge on any atom is -0.0614 e. The molecule has 0 atom stereocenters. The molecular weight excluding hydrogens is 168 g/mol. The van der Waals surface area contributed by atoms with E-state index in [1.807, 2.05) is 0 Å². The highest BCUT2D eigenvalue weighted by Gasteiger charge is 2.05. The van der Waals surface area contributed by atoms with Crippen molar-refractivity contribution < 1.29 is 0 Å². The van der Waals surface area contributed by atoms with Crippen molar-refractivity contribution in [2.45, 2.75) is 20.8 Å². The molecule has 0 fully saturated rings. The lowest BCUT2D eigenvalue weighted by molar-refractivity contribution is 1.38. The maximum Gasteiger partial charge on any atom is -0.0117 e. The topological polar surface area (TPSA) is 0 Å². The molecule has 0 bridgehead atoms. The molecule has 14 heavy (non-hydrogen) atoms. The molecule has 0 heterocycles. The summed E-state index contributed by atoms with van der Waals surface area (Å²) in [5.74, 6) is 0. The Morgan fingerprint density at radius 2 is 1.64 bits per heavy atom. The van der Waals surface area contributed by atoms with Crippen molar-refractivity contribution in [1.29, 1.82) is 0 Å². The highest BCUT2D eigenvalue weighted by molar-refractivity contribution is 5.92. The van der Waals surface area contributed by atoms with Gasteiger partial charge in [0.15, 0.2) is 0 Å². The molecule has 0 saturated carbocycles. The Balaban J connectivity index is 3.03. The smallest absolute Gasteiger partial charge is 0.0117 e. The van der Waals surface area contributed by atoms with E-state index in [4.69, 9.17) is 0 Å². The van der Waals surface area contributed by atoms with Gasteiger partial charge in [0.1, 0.15) is 0 Å². The van der Waals surface area contributed by atoms with Crippen LogP contribution in [0.3, 0.4) is 0 Å². The molecule has 1 radical (unpaired) electrons. The Hall–Kier alpha value is -1.30. The van der Waals surface area contributed by atoms with E-state index < -0.39 is 0 Å². The van der Waals surface area contributed by atoms with Gasteiger partial charge in [-0.25, -0.2) is 0 Å². The lowest BCUT2D eigenvalue weighted by atomic mass is 9.94. The van der Waals surface area contributed by atoms with Gasteiger partial charge in [-0.05, 0) is 60.7 Å². The van der Waals surface area contributed by atoms with Gasteiger partial charge in [-0.3, -0.25) is 0 Å². The Labute approximate surface area is 85.6 Å². The summed E-state index contributed by atoms with van der Waals surface area (Å²) >= 11 is 0. The van der Waals surface area contributed by atoms with E-state index in [2.05, 4.69) is 52.0 Å². The maximum absolute atomic E-state index is 4.15. The van der Waals surface area contributed by atoms with E-state index in [0.29, 0.717) is 0 Å². The second-order valence-corrected chi connectivity index (χ2v) is 3.99. The second-order valence-electron chi connectivity index (χ2n) is 3.99. The predicted molar refractivity (Wildman–Crippen MR) is 62.6 cm³/mol. The average molecular weight is 183 g/mol. The van der Waals surface area contributed by atoms with Crippen molar-refractivity contribution >= 4 is 10.8 Å². The van der Waals surface area contributed by atoms with Gasteiger partial charge in [-0.1, -0.05) is 24.3 Å². The van der Waals surface area contributed by atoms with Crippen molar-refractivity contribution in [3.8, 4) is 0 Å². The third-order valence-electron chi connectivity index (χ3n) is 2.91. The van der Waals surface area contributed by atoms with Crippen molar-refractivity contribution in [2.24, 2.45) is 0 Å². The molecule has 2 aromatic carbocycles. The monoisotopic (exact) mass is 183 g/mol. The highest BCUT2D eigenvalue weighted by Crippen LogP contribution is 2.27. The van der Waals surface area contributed by atoms with Crippen molar-refractivity contribution in [2.75, 3.05) is 0 Å². The lowest BCUT2D eigenvalue weighted by Crippen LogP contribution is -1.89. The molecule has 71 valence electrons. The summed E-state index contributed by atoms with van der Waals surface area (Å²) in [5.41, 5.74) is 5.11. The average Bonchev–Trinajstić information content (AvgIpc) is 2.14. The fourth-order valence-corrected chi connectivity index (χ4v) is 2.08. The molecular formula is C14H15. The van der Waals surface area contributed by atoms with E-state index in [9.17, 15) is 0 Å². The van der Waals surface area contributed by atoms with Crippen LogP contribution in [0.2, 0.25) is 0 Å². The Morgan fingerprint density at radius 3 is 2.36 bits per heavy atom. The van der Waals surface area contributed by atoms with Gasteiger partial charge in [0.05, 0.1) is 0 Å². The van der Waals surface area contributed by atoms with Crippen LogP contribution in [0.1, 0.15) is 22.3 Å². The Bertz CT molecular complexity index is 493. The molecule has 2 rings (SSSR count). The first-order valence-electron chi connectivity index (χ1n) is 4.92. The summed E-state index contributed by atoms with van der Waals surface area (Å²) in [6, 6.07) is 8.64. The van der Waals surface area contributed by atoms with Gasteiger partial charge in [-0.2, -0.15) is 0 Å². The Morgan fingerprint density at radius 1 is 0.929 bits per heavy atom. The van der Waals surface area contributed by atoms with Gasteiger partial charge >= 0.3 is 0 Å². The fraction of sp³-hybridized carbons (Fsp3) is 0.214. The zero-order valence-corrected chi connectivity index (χ0v) is 9.02. The molecule has 0 unspecified atom stereocenters. The zero-order chi connectivity index (χ0) is 10.3. The van der Waals surface area contributed by atoms with Crippen LogP contribution in [-0.4, -0.2) is 0 Å². The number of aryl methyl sites for hydroxylation is 3. The zero-order valence-electron chi connectivity index (χ0n) is 9.02. The quantitative estimate of drug-likeness (QED) is 0.580. The highest BCUT2D eigenvalue weighted by atomic mass is 14.1. The molecule has 0 aromatic heterocycles. The normalized spacial score (nSPS) is 10.9. The van der Waals surface area contributed by atoms with E-state index in [1.54, 1.807) is 0 Å². The van der Waals surface area contributed by atoms with Crippen LogP contribution in [0.4, 0.5) is 0 Å². The van der Waals surface area contributed by atoms with Gasteiger partial charge in [0.2, 0.25) is 0 Å². The van der Waals surface area contributed by atoms with Crippen LogP contribution in [0.5, 0.6) is 0 Å². The van der Waals surface area contributed by atoms with Gasteiger partial charge in [0.25, 0.3) is 0 Å². The molecule has 0 heteroatoms. The van der Waals surface area contributed by atoms with Crippen LogP contribution in [0.25, 0.3) is 10.8 Å². The Kier molecular flexibility index (Phi) is 2.07. The summed E-state index contributed by atoms with van der Waals surface area (Å²) < 4.78 is 0. The van der Waals surface area contributed by atoms with Crippen LogP contribution in [0.15, 0.2) is 24.3 Å². The molecule has 0 N–H and O–H groups in total. The van der Waals surface area contributed by atoms with Gasteiger partial charge < -0.3 is 0 Å². The summed E-state index contributed by atoms with van der Waals surface area (Å²) in [4.78, 5) is 0. The molecule has 0 spiro atoms. The third-order valence-corrected chi connectivity index (χ3v) is 2.91. The fourth-order valence-electron chi connectivity index (χ4n) is 2.08. The van der Waals surface area contributed by atoms with E-state index in [0.717, 1.165) is 0 Å². The molecule has 0 aliphatic carbocycles. The molecule has 0 nitrogen and oxygen atoms in total. The number of hydrogen-bond donors (Lipinski definition) is 0. The van der Waals surface area contributed by atoms with Gasteiger partial charge in [0, 0.05) is 0 Å². The van der Waals surface area contributed by atoms with Crippen LogP contribution >= 0.6 is 0 Å². The number of benzene rings is 2. The lowest BCUT2D eigenvalue weighted by Gasteiger charge is -2.11.